The minimum absolute atomic E-state index is 0.0394. The van der Waals surface area contributed by atoms with Gasteiger partial charge in [-0.15, -0.1) is 0 Å². The van der Waals surface area contributed by atoms with Crippen LogP contribution < -0.4 is 5.32 Å². The largest absolute Gasteiger partial charge is 0.374 e. The number of hydrogen-bond acceptors (Lipinski definition) is 2. The number of nitrogens with zero attached hydrogens (tertiary/aromatic N) is 1. The second-order valence-corrected chi connectivity index (χ2v) is 5.27. The molecule has 110 valence electrons. The van der Waals surface area contributed by atoms with Gasteiger partial charge in [-0.2, -0.15) is 0 Å². The van der Waals surface area contributed by atoms with Crippen molar-refractivity contribution in [1.82, 2.24) is 4.90 Å². The third-order valence-corrected chi connectivity index (χ3v) is 3.48. The van der Waals surface area contributed by atoms with E-state index in [0.29, 0.717) is 0 Å². The van der Waals surface area contributed by atoms with Crippen LogP contribution in [0.2, 0.25) is 0 Å². The Kier molecular flexibility index (Phi) is 5.38. The molecule has 1 unspecified atom stereocenters. The summed E-state index contributed by atoms with van der Waals surface area (Å²) in [6.45, 7) is 2.93. The summed E-state index contributed by atoms with van der Waals surface area (Å²) in [6, 6.07) is 20.1. The van der Waals surface area contributed by atoms with E-state index in [9.17, 15) is 4.79 Å². The molecule has 1 saturated heterocycles. The maximum Gasteiger partial charge on any atom is 0.244 e. The summed E-state index contributed by atoms with van der Waals surface area (Å²) in [5.41, 5.74) is 2.34. The van der Waals surface area contributed by atoms with Crippen LogP contribution in [0.4, 0.5) is 5.69 Å². The van der Waals surface area contributed by atoms with Crippen molar-refractivity contribution in [3.63, 3.8) is 0 Å². The van der Waals surface area contributed by atoms with E-state index in [0.717, 1.165) is 18.7 Å². The highest BCUT2D eigenvalue weighted by molar-refractivity contribution is 5.86. The molecule has 0 aliphatic carbocycles. The van der Waals surface area contributed by atoms with Crippen molar-refractivity contribution in [1.29, 1.82) is 0 Å². The maximum atomic E-state index is 11.6. The van der Waals surface area contributed by atoms with Crippen LogP contribution in [0.15, 0.2) is 60.7 Å². The Morgan fingerprint density at radius 1 is 1.00 bits per heavy atom. The summed E-state index contributed by atoms with van der Waals surface area (Å²) in [5, 5.41) is 3.23. The fraction of sp³-hybridized carbons (Fsp3) is 0.278. The standard InChI is InChI=1S/C11H14N2O.C7H8/c1-13-8-7-10(11(13)14)12-9-5-3-2-4-6-9;1-7-5-3-2-4-6-7/h2-6,10,12H,7-8H2,1H3;2-6H,1H3. The molecule has 21 heavy (non-hydrogen) atoms. The molecule has 3 nitrogen and oxygen atoms in total. The summed E-state index contributed by atoms with van der Waals surface area (Å²) in [4.78, 5) is 13.3. The lowest BCUT2D eigenvalue weighted by Crippen LogP contribution is -2.30. The van der Waals surface area contributed by atoms with Crippen LogP contribution in [-0.2, 0) is 4.79 Å². The van der Waals surface area contributed by atoms with Crippen LogP contribution in [0, 0.1) is 6.92 Å². The van der Waals surface area contributed by atoms with E-state index in [1.54, 1.807) is 4.90 Å². The lowest BCUT2D eigenvalue weighted by atomic mass is 10.2. The molecule has 0 radical (unpaired) electrons. The van der Waals surface area contributed by atoms with E-state index >= 15 is 0 Å². The van der Waals surface area contributed by atoms with Crippen molar-refractivity contribution in [2.24, 2.45) is 0 Å². The molecule has 3 rings (SSSR count). The SMILES string of the molecule is CN1CCC(Nc2ccccc2)C1=O.Cc1ccccc1. The third kappa shape index (κ3) is 4.63. The molecule has 2 aromatic carbocycles. The predicted octanol–water partition coefficient (Wildman–Crippen LogP) is 3.32. The Hall–Kier alpha value is -2.29. The quantitative estimate of drug-likeness (QED) is 0.916. The molecule has 0 bridgehead atoms. The minimum atomic E-state index is -0.0394. The van der Waals surface area contributed by atoms with Gasteiger partial charge in [0.25, 0.3) is 0 Å². The molecule has 0 spiro atoms. The molecule has 1 fully saturated rings. The summed E-state index contributed by atoms with van der Waals surface area (Å²) in [7, 11) is 1.84. The first-order valence-corrected chi connectivity index (χ1v) is 7.25. The molecule has 0 saturated carbocycles. The number of para-hydroxylation sites is 1. The number of anilines is 1. The lowest BCUT2D eigenvalue weighted by Gasteiger charge is -2.12. The predicted molar refractivity (Wildman–Crippen MR) is 87.3 cm³/mol. The van der Waals surface area contributed by atoms with Crippen molar-refractivity contribution in [2.45, 2.75) is 19.4 Å². The number of carbonyl (C=O) groups is 1. The first-order chi connectivity index (χ1) is 10.2. The van der Waals surface area contributed by atoms with E-state index < -0.39 is 0 Å². The average Bonchev–Trinajstić information content (AvgIpc) is 2.82. The van der Waals surface area contributed by atoms with Crippen LogP contribution in [0.25, 0.3) is 0 Å². The van der Waals surface area contributed by atoms with Crippen molar-refractivity contribution < 1.29 is 4.79 Å². The Balaban J connectivity index is 0.000000194. The van der Waals surface area contributed by atoms with Crippen LogP contribution in [0.3, 0.4) is 0 Å². The Bertz CT molecular complexity index is 554. The van der Waals surface area contributed by atoms with Gasteiger partial charge in [0, 0.05) is 19.3 Å². The number of hydrogen-bond donors (Lipinski definition) is 1. The van der Waals surface area contributed by atoms with Gasteiger partial charge in [0.1, 0.15) is 6.04 Å². The zero-order valence-corrected chi connectivity index (χ0v) is 12.6. The summed E-state index contributed by atoms with van der Waals surface area (Å²) >= 11 is 0. The number of carbonyl (C=O) groups excluding carboxylic acids is 1. The van der Waals surface area contributed by atoms with Crippen molar-refractivity contribution in [2.75, 3.05) is 18.9 Å². The highest BCUT2D eigenvalue weighted by atomic mass is 16.2. The number of aryl methyl sites for hydroxylation is 1. The number of amides is 1. The van der Waals surface area contributed by atoms with Gasteiger partial charge in [-0.05, 0) is 25.5 Å². The Labute approximate surface area is 126 Å². The normalized spacial score (nSPS) is 17.1. The van der Waals surface area contributed by atoms with Gasteiger partial charge in [0.2, 0.25) is 5.91 Å². The monoisotopic (exact) mass is 282 g/mol. The van der Waals surface area contributed by atoms with Crippen molar-refractivity contribution >= 4 is 11.6 Å². The number of likely N-dealkylation sites (tertiary alicyclic amines) is 1. The zero-order chi connectivity index (χ0) is 15.1. The topological polar surface area (TPSA) is 32.3 Å². The number of rotatable bonds is 2. The number of likely N-dealkylation sites (N-methyl/N-ethyl adjacent to an activating group) is 1. The fourth-order valence-corrected chi connectivity index (χ4v) is 2.23. The van der Waals surface area contributed by atoms with Gasteiger partial charge in [0.15, 0.2) is 0 Å². The lowest BCUT2D eigenvalue weighted by molar-refractivity contribution is -0.127. The molecule has 1 heterocycles. The van der Waals surface area contributed by atoms with Crippen LogP contribution in [-0.4, -0.2) is 30.4 Å². The minimum Gasteiger partial charge on any atom is -0.374 e. The van der Waals surface area contributed by atoms with Crippen molar-refractivity contribution in [3.8, 4) is 0 Å². The van der Waals surface area contributed by atoms with Gasteiger partial charge >= 0.3 is 0 Å². The Morgan fingerprint density at radius 2 is 1.57 bits per heavy atom. The summed E-state index contributed by atoms with van der Waals surface area (Å²) in [5.74, 6) is 0.189. The first-order valence-electron chi connectivity index (χ1n) is 7.25. The van der Waals surface area contributed by atoms with E-state index in [4.69, 9.17) is 0 Å². The molecule has 0 aromatic heterocycles. The van der Waals surface area contributed by atoms with E-state index in [1.165, 1.54) is 5.56 Å². The van der Waals surface area contributed by atoms with E-state index in [2.05, 4.69) is 24.4 Å². The maximum absolute atomic E-state index is 11.6. The number of nitrogens with one attached hydrogen (secondary N) is 1. The number of benzene rings is 2. The van der Waals surface area contributed by atoms with Crippen LogP contribution >= 0.6 is 0 Å². The molecule has 3 heteroatoms. The van der Waals surface area contributed by atoms with Crippen molar-refractivity contribution in [3.05, 3.63) is 66.2 Å². The van der Waals surface area contributed by atoms with Gasteiger partial charge in [-0.3, -0.25) is 4.79 Å². The van der Waals surface area contributed by atoms with Gasteiger partial charge in [0.05, 0.1) is 0 Å². The molecular formula is C18H22N2O. The first kappa shape index (κ1) is 15.1. The Morgan fingerprint density at radius 3 is 2.00 bits per heavy atom. The summed E-state index contributed by atoms with van der Waals surface area (Å²) in [6.07, 6.45) is 0.893. The van der Waals surface area contributed by atoms with Gasteiger partial charge in [-0.25, -0.2) is 0 Å². The molecule has 1 aliphatic rings. The zero-order valence-electron chi connectivity index (χ0n) is 12.6. The molecule has 1 N–H and O–H groups in total. The van der Waals surface area contributed by atoms with Crippen LogP contribution in [0.1, 0.15) is 12.0 Å². The van der Waals surface area contributed by atoms with Crippen LogP contribution in [0.5, 0.6) is 0 Å². The smallest absolute Gasteiger partial charge is 0.244 e. The molecule has 1 atom stereocenters. The highest BCUT2D eigenvalue weighted by Gasteiger charge is 2.28. The highest BCUT2D eigenvalue weighted by Crippen LogP contribution is 2.15. The third-order valence-electron chi connectivity index (χ3n) is 3.48. The van der Waals surface area contributed by atoms with E-state index in [1.807, 2.05) is 55.6 Å². The molecule has 1 aliphatic heterocycles. The molecule has 2 aromatic rings. The fourth-order valence-electron chi connectivity index (χ4n) is 2.23. The second-order valence-electron chi connectivity index (χ2n) is 5.27. The second kappa shape index (κ2) is 7.48. The average molecular weight is 282 g/mol. The molecule has 1 amide bonds. The van der Waals surface area contributed by atoms with E-state index in [-0.39, 0.29) is 11.9 Å². The molecular weight excluding hydrogens is 260 g/mol. The van der Waals surface area contributed by atoms with Gasteiger partial charge in [-0.1, -0.05) is 54.1 Å². The summed E-state index contributed by atoms with van der Waals surface area (Å²) < 4.78 is 0. The van der Waals surface area contributed by atoms with Gasteiger partial charge < -0.3 is 10.2 Å².